The van der Waals surface area contributed by atoms with E-state index in [9.17, 15) is 4.79 Å². The van der Waals surface area contributed by atoms with E-state index in [1.54, 1.807) is 12.3 Å². The molecule has 3 rings (SSSR count). The van der Waals surface area contributed by atoms with Crippen molar-refractivity contribution in [2.45, 2.75) is 0 Å². The first-order chi connectivity index (χ1) is 9.75. The molecule has 1 heterocycles. The summed E-state index contributed by atoms with van der Waals surface area (Å²) in [7, 11) is 0. The van der Waals surface area contributed by atoms with Crippen molar-refractivity contribution in [3.8, 4) is 0 Å². The zero-order valence-electron chi connectivity index (χ0n) is 10.5. The minimum atomic E-state index is -0.166. The highest BCUT2D eigenvalue weighted by atomic mass is 79.9. The molecule has 0 unspecified atom stereocenters. The molecule has 0 bridgehead atoms. The summed E-state index contributed by atoms with van der Waals surface area (Å²) in [6.45, 7) is 0. The summed E-state index contributed by atoms with van der Waals surface area (Å²) < 4.78 is 0.758. The molecule has 0 aliphatic carbocycles. The summed E-state index contributed by atoms with van der Waals surface area (Å²) in [4.78, 5) is 16.6. The van der Waals surface area contributed by atoms with Crippen LogP contribution in [0, 0.1) is 0 Å². The Bertz CT molecular complexity index is 781. The predicted molar refractivity (Wildman–Crippen MR) is 83.8 cm³/mol. The van der Waals surface area contributed by atoms with Crippen LogP contribution >= 0.6 is 15.9 Å². The van der Waals surface area contributed by atoms with Gasteiger partial charge in [0.05, 0.1) is 4.47 Å². The lowest BCUT2D eigenvalue weighted by molar-refractivity contribution is 0.102. The molecule has 98 valence electrons. The van der Waals surface area contributed by atoms with Gasteiger partial charge in [-0.2, -0.15) is 0 Å². The molecular formula is C16H11BrN2O. The standard InChI is InChI=1S/C16H11BrN2O/c17-14-9-4-10-18-15(14)19-16(20)13-8-3-6-11-5-1-2-7-12(11)13/h1-10H,(H,18,19,20). The highest BCUT2D eigenvalue weighted by molar-refractivity contribution is 9.10. The Kier molecular flexibility index (Phi) is 3.48. The van der Waals surface area contributed by atoms with Crippen LogP contribution in [0.1, 0.15) is 10.4 Å². The lowest BCUT2D eigenvalue weighted by Crippen LogP contribution is -2.13. The minimum absolute atomic E-state index is 0.166. The number of nitrogens with one attached hydrogen (secondary N) is 1. The van der Waals surface area contributed by atoms with Crippen LogP contribution in [0.5, 0.6) is 0 Å². The topological polar surface area (TPSA) is 42.0 Å². The average molecular weight is 327 g/mol. The molecule has 20 heavy (non-hydrogen) atoms. The van der Waals surface area contributed by atoms with E-state index in [1.165, 1.54) is 0 Å². The number of carbonyl (C=O) groups is 1. The molecule has 2 aromatic carbocycles. The van der Waals surface area contributed by atoms with Crippen molar-refractivity contribution >= 4 is 38.4 Å². The van der Waals surface area contributed by atoms with Gasteiger partial charge in [-0.15, -0.1) is 0 Å². The molecular weight excluding hydrogens is 316 g/mol. The molecule has 1 amide bonds. The summed E-state index contributed by atoms with van der Waals surface area (Å²) in [5, 5.41) is 4.79. The van der Waals surface area contributed by atoms with Crippen molar-refractivity contribution in [2.75, 3.05) is 5.32 Å². The Hall–Kier alpha value is -2.20. The molecule has 0 aliphatic rings. The molecule has 0 saturated carbocycles. The van der Waals surface area contributed by atoms with E-state index in [0.29, 0.717) is 11.4 Å². The fraction of sp³-hybridized carbons (Fsp3) is 0. The van der Waals surface area contributed by atoms with Crippen LogP contribution < -0.4 is 5.32 Å². The van der Waals surface area contributed by atoms with Gasteiger partial charge in [-0.1, -0.05) is 36.4 Å². The Balaban J connectivity index is 1.99. The molecule has 0 saturated heterocycles. The van der Waals surface area contributed by atoms with Crippen LogP contribution in [-0.4, -0.2) is 10.9 Å². The predicted octanol–water partition coefficient (Wildman–Crippen LogP) is 4.25. The first kappa shape index (κ1) is 12.8. The van der Waals surface area contributed by atoms with Crippen molar-refractivity contribution in [3.05, 3.63) is 70.8 Å². The lowest BCUT2D eigenvalue weighted by Gasteiger charge is -2.08. The number of fused-ring (bicyclic) bond motifs is 1. The number of hydrogen-bond acceptors (Lipinski definition) is 2. The van der Waals surface area contributed by atoms with Gasteiger partial charge in [0.15, 0.2) is 0 Å². The Labute approximate surface area is 124 Å². The maximum atomic E-state index is 12.4. The molecule has 0 aliphatic heterocycles. The molecule has 4 heteroatoms. The van der Waals surface area contributed by atoms with Crippen molar-refractivity contribution in [1.82, 2.24) is 4.98 Å². The zero-order valence-corrected chi connectivity index (χ0v) is 12.1. The summed E-state index contributed by atoms with van der Waals surface area (Å²) >= 11 is 3.37. The van der Waals surface area contributed by atoms with E-state index in [4.69, 9.17) is 0 Å². The summed E-state index contributed by atoms with van der Waals surface area (Å²) in [6, 6.07) is 17.1. The first-order valence-electron chi connectivity index (χ1n) is 6.15. The minimum Gasteiger partial charge on any atom is -0.306 e. The number of carbonyl (C=O) groups excluding carboxylic acids is 1. The first-order valence-corrected chi connectivity index (χ1v) is 6.94. The molecule has 0 fully saturated rings. The van der Waals surface area contributed by atoms with Crippen LogP contribution in [0.25, 0.3) is 10.8 Å². The quantitative estimate of drug-likeness (QED) is 0.764. The SMILES string of the molecule is O=C(Nc1ncccc1Br)c1cccc2ccccc12. The van der Waals surface area contributed by atoms with Crippen LogP contribution in [0.3, 0.4) is 0 Å². The fourth-order valence-electron chi connectivity index (χ4n) is 2.08. The second kappa shape index (κ2) is 5.43. The number of halogens is 1. The zero-order chi connectivity index (χ0) is 13.9. The van der Waals surface area contributed by atoms with E-state index in [2.05, 4.69) is 26.2 Å². The smallest absolute Gasteiger partial charge is 0.257 e. The monoisotopic (exact) mass is 326 g/mol. The number of rotatable bonds is 2. The Morgan fingerprint density at radius 3 is 2.65 bits per heavy atom. The van der Waals surface area contributed by atoms with Gasteiger partial charge in [-0.25, -0.2) is 4.98 Å². The van der Waals surface area contributed by atoms with Gasteiger partial charge in [0, 0.05) is 11.8 Å². The molecule has 0 spiro atoms. The number of nitrogens with zero attached hydrogens (tertiary/aromatic N) is 1. The van der Waals surface area contributed by atoms with E-state index in [1.807, 2.05) is 48.5 Å². The van der Waals surface area contributed by atoms with Gasteiger partial charge in [-0.3, -0.25) is 4.79 Å². The number of aromatic nitrogens is 1. The molecule has 3 nitrogen and oxygen atoms in total. The number of pyridine rings is 1. The molecule has 0 atom stereocenters. The van der Waals surface area contributed by atoms with Gasteiger partial charge in [0.2, 0.25) is 0 Å². The maximum Gasteiger partial charge on any atom is 0.257 e. The van der Waals surface area contributed by atoms with Gasteiger partial charge >= 0.3 is 0 Å². The van der Waals surface area contributed by atoms with Crippen LogP contribution in [0.2, 0.25) is 0 Å². The van der Waals surface area contributed by atoms with Crippen molar-refractivity contribution in [3.63, 3.8) is 0 Å². The van der Waals surface area contributed by atoms with Gasteiger partial charge in [0.1, 0.15) is 5.82 Å². The molecule has 3 aromatic rings. The van der Waals surface area contributed by atoms with Crippen LogP contribution in [0.4, 0.5) is 5.82 Å². The number of hydrogen-bond donors (Lipinski definition) is 1. The highest BCUT2D eigenvalue weighted by Gasteiger charge is 2.11. The Morgan fingerprint density at radius 2 is 1.80 bits per heavy atom. The maximum absolute atomic E-state index is 12.4. The third-order valence-electron chi connectivity index (χ3n) is 3.02. The highest BCUT2D eigenvalue weighted by Crippen LogP contribution is 2.22. The second-order valence-electron chi connectivity index (χ2n) is 4.31. The normalized spacial score (nSPS) is 10.4. The lowest BCUT2D eigenvalue weighted by atomic mass is 10.0. The van der Waals surface area contributed by atoms with Crippen molar-refractivity contribution in [1.29, 1.82) is 0 Å². The van der Waals surface area contributed by atoms with Crippen molar-refractivity contribution in [2.24, 2.45) is 0 Å². The van der Waals surface area contributed by atoms with Crippen LogP contribution in [-0.2, 0) is 0 Å². The number of benzene rings is 2. The summed E-state index contributed by atoms with van der Waals surface area (Å²) in [5.74, 6) is 0.353. The molecule has 1 aromatic heterocycles. The molecule has 1 N–H and O–H groups in total. The average Bonchev–Trinajstić information content (AvgIpc) is 2.49. The van der Waals surface area contributed by atoms with Gasteiger partial charge in [-0.05, 0) is 44.9 Å². The van der Waals surface area contributed by atoms with Crippen molar-refractivity contribution < 1.29 is 4.79 Å². The largest absolute Gasteiger partial charge is 0.306 e. The van der Waals surface area contributed by atoms with E-state index >= 15 is 0 Å². The van der Waals surface area contributed by atoms with Gasteiger partial charge in [0.25, 0.3) is 5.91 Å². The third kappa shape index (κ3) is 2.42. The van der Waals surface area contributed by atoms with Gasteiger partial charge < -0.3 is 5.32 Å². The second-order valence-corrected chi connectivity index (χ2v) is 5.17. The van der Waals surface area contributed by atoms with Crippen LogP contribution in [0.15, 0.2) is 65.3 Å². The van der Waals surface area contributed by atoms with E-state index < -0.39 is 0 Å². The number of amides is 1. The van der Waals surface area contributed by atoms with E-state index in [-0.39, 0.29) is 5.91 Å². The Morgan fingerprint density at radius 1 is 1.00 bits per heavy atom. The third-order valence-corrected chi connectivity index (χ3v) is 3.66. The molecule has 0 radical (unpaired) electrons. The summed E-state index contributed by atoms with van der Waals surface area (Å²) in [6.07, 6.45) is 1.64. The summed E-state index contributed by atoms with van der Waals surface area (Å²) in [5.41, 5.74) is 0.639. The fourth-order valence-corrected chi connectivity index (χ4v) is 2.43. The van der Waals surface area contributed by atoms with E-state index in [0.717, 1.165) is 15.2 Å². The number of anilines is 1.